The van der Waals surface area contributed by atoms with E-state index >= 15 is 0 Å². The monoisotopic (exact) mass is 567 g/mol. The van der Waals surface area contributed by atoms with Crippen LogP contribution in [0.25, 0.3) is 39.5 Å². The number of nitrogens with zero attached hydrogens (tertiary/aromatic N) is 6. The normalized spacial score (nSPS) is 16.1. The van der Waals surface area contributed by atoms with Gasteiger partial charge in [0.05, 0.1) is 11.3 Å². The minimum Gasteiger partial charge on any atom is -0.383 e. The fourth-order valence-corrected chi connectivity index (χ4v) is 6.47. The molecule has 43 heavy (non-hydrogen) atoms. The number of hydrogen-bond acceptors (Lipinski definition) is 6. The zero-order valence-corrected chi connectivity index (χ0v) is 24.2. The molecule has 0 atom stereocenters. The van der Waals surface area contributed by atoms with E-state index in [2.05, 4.69) is 62.7 Å². The van der Waals surface area contributed by atoms with Crippen molar-refractivity contribution in [2.24, 2.45) is 5.41 Å². The van der Waals surface area contributed by atoms with Gasteiger partial charge in [0, 0.05) is 50.2 Å². The van der Waals surface area contributed by atoms with Crippen LogP contribution in [0.5, 0.6) is 0 Å². The molecule has 2 saturated heterocycles. The molecule has 2 fully saturated rings. The minimum atomic E-state index is -0.0415. The van der Waals surface area contributed by atoms with Crippen LogP contribution in [0.1, 0.15) is 25.3 Å². The van der Waals surface area contributed by atoms with Crippen molar-refractivity contribution in [3.05, 3.63) is 90.6 Å². The molecular formula is C35H33N7O. The molecule has 7 rings (SSSR count). The first-order valence-corrected chi connectivity index (χ1v) is 14.7. The number of likely N-dealkylation sites (tertiary alicyclic amines) is 2. The number of nitrogens with two attached hydrogens (primary N) is 1. The standard InChI is InChI=1S/C35H33N7O/c1-2-7-31(43)41-20-17-35(18-21-41)23-40(24-35)22-25-11-13-27(14-12-25)42-33(28-10-6-19-37-32(28)36)39-30-16-15-29(38-34(30)42)26-8-4-3-5-9-26/h3-6,8-16,19H,17-18,20-24H2,1H3,(H2,36,37). The highest BCUT2D eigenvalue weighted by Gasteiger charge is 2.45. The summed E-state index contributed by atoms with van der Waals surface area (Å²) in [6, 6.07) is 26.7. The first kappa shape index (κ1) is 26.9. The molecule has 0 saturated carbocycles. The van der Waals surface area contributed by atoms with Crippen LogP contribution in [-0.2, 0) is 11.3 Å². The van der Waals surface area contributed by atoms with Crippen LogP contribution >= 0.6 is 0 Å². The summed E-state index contributed by atoms with van der Waals surface area (Å²) in [4.78, 5) is 30.9. The van der Waals surface area contributed by atoms with Crippen LogP contribution in [-0.4, -0.2) is 61.4 Å². The van der Waals surface area contributed by atoms with E-state index in [9.17, 15) is 4.79 Å². The lowest BCUT2D eigenvalue weighted by Gasteiger charge is -2.54. The van der Waals surface area contributed by atoms with Gasteiger partial charge in [-0.3, -0.25) is 14.3 Å². The van der Waals surface area contributed by atoms with E-state index in [0.29, 0.717) is 17.1 Å². The van der Waals surface area contributed by atoms with Crippen LogP contribution in [0.2, 0.25) is 0 Å². The Morgan fingerprint density at radius 2 is 1.70 bits per heavy atom. The Balaban J connectivity index is 1.14. The molecule has 3 aromatic heterocycles. The fourth-order valence-electron chi connectivity index (χ4n) is 6.47. The Hall–Kier alpha value is -5.00. The molecular weight excluding hydrogens is 534 g/mol. The number of piperidine rings is 1. The van der Waals surface area contributed by atoms with Crippen LogP contribution < -0.4 is 5.73 Å². The molecule has 8 heteroatoms. The molecule has 2 aliphatic heterocycles. The van der Waals surface area contributed by atoms with Crippen molar-refractivity contribution in [1.29, 1.82) is 0 Å². The predicted molar refractivity (Wildman–Crippen MR) is 169 cm³/mol. The van der Waals surface area contributed by atoms with Gasteiger partial charge in [0.25, 0.3) is 5.91 Å². The second-order valence-corrected chi connectivity index (χ2v) is 11.6. The molecule has 1 spiro atoms. The van der Waals surface area contributed by atoms with Crippen molar-refractivity contribution in [3.8, 4) is 40.2 Å². The Labute approximate surface area is 251 Å². The summed E-state index contributed by atoms with van der Waals surface area (Å²) in [5.74, 6) is 6.51. The second kappa shape index (κ2) is 11.0. The van der Waals surface area contributed by atoms with E-state index < -0.39 is 0 Å². The van der Waals surface area contributed by atoms with Crippen molar-refractivity contribution >= 4 is 22.9 Å². The number of aromatic nitrogens is 4. The van der Waals surface area contributed by atoms with E-state index in [0.717, 1.165) is 79.2 Å². The number of amides is 1. The quantitative estimate of drug-likeness (QED) is 0.294. The number of nitrogen functional groups attached to an aromatic ring is 1. The Kier molecular flexibility index (Phi) is 6.88. The summed E-state index contributed by atoms with van der Waals surface area (Å²) >= 11 is 0. The highest BCUT2D eigenvalue weighted by Crippen LogP contribution is 2.41. The van der Waals surface area contributed by atoms with Crippen molar-refractivity contribution in [2.75, 3.05) is 31.9 Å². The molecule has 214 valence electrons. The van der Waals surface area contributed by atoms with Gasteiger partial charge in [0.1, 0.15) is 11.3 Å². The number of fused-ring (bicyclic) bond motifs is 1. The number of anilines is 1. The van der Waals surface area contributed by atoms with Crippen molar-refractivity contribution in [3.63, 3.8) is 0 Å². The van der Waals surface area contributed by atoms with Crippen molar-refractivity contribution < 1.29 is 4.79 Å². The molecule has 8 nitrogen and oxygen atoms in total. The number of carbonyl (C=O) groups excluding carboxylic acids is 1. The van der Waals surface area contributed by atoms with Gasteiger partial charge in [-0.05, 0) is 73.1 Å². The number of imidazole rings is 1. The Morgan fingerprint density at radius 1 is 0.930 bits per heavy atom. The third-order valence-corrected chi connectivity index (χ3v) is 8.72. The van der Waals surface area contributed by atoms with E-state index in [1.165, 1.54) is 5.56 Å². The van der Waals surface area contributed by atoms with Crippen molar-refractivity contribution in [1.82, 2.24) is 29.3 Å². The van der Waals surface area contributed by atoms with Crippen LogP contribution in [0.3, 0.4) is 0 Å². The van der Waals surface area contributed by atoms with E-state index in [1.807, 2.05) is 47.4 Å². The fraction of sp³-hybridized carbons (Fsp3) is 0.257. The highest BCUT2D eigenvalue weighted by molar-refractivity contribution is 5.93. The lowest BCUT2D eigenvalue weighted by atomic mass is 9.72. The molecule has 2 aliphatic rings. The maximum atomic E-state index is 12.1. The largest absolute Gasteiger partial charge is 0.383 e. The number of benzene rings is 2. The second-order valence-electron chi connectivity index (χ2n) is 11.6. The molecule has 0 aliphatic carbocycles. The van der Waals surface area contributed by atoms with Gasteiger partial charge in [0.2, 0.25) is 0 Å². The van der Waals surface area contributed by atoms with Gasteiger partial charge in [-0.1, -0.05) is 48.4 Å². The SMILES string of the molecule is CC#CC(=O)N1CCC2(CC1)CN(Cc1ccc(-n3c(-c4cccnc4N)nc4ccc(-c5ccccc5)nc43)cc1)C2. The van der Waals surface area contributed by atoms with Crippen LogP contribution in [0.15, 0.2) is 85.1 Å². The molecule has 0 unspecified atom stereocenters. The third-order valence-electron chi connectivity index (χ3n) is 8.72. The molecule has 0 radical (unpaired) electrons. The van der Waals surface area contributed by atoms with E-state index in [1.54, 1.807) is 13.1 Å². The highest BCUT2D eigenvalue weighted by atomic mass is 16.2. The summed E-state index contributed by atoms with van der Waals surface area (Å²) in [6.45, 7) is 6.36. The first-order chi connectivity index (χ1) is 21.0. The first-order valence-electron chi connectivity index (χ1n) is 14.7. The Morgan fingerprint density at radius 3 is 2.42 bits per heavy atom. The zero-order chi connectivity index (χ0) is 29.4. The number of carbonyl (C=O) groups is 1. The molecule has 5 heterocycles. The average Bonchev–Trinajstić information content (AvgIpc) is 3.40. The maximum absolute atomic E-state index is 12.1. The molecule has 0 bridgehead atoms. The Bertz CT molecular complexity index is 1850. The summed E-state index contributed by atoms with van der Waals surface area (Å²) in [5.41, 5.74) is 13.1. The van der Waals surface area contributed by atoms with Crippen LogP contribution in [0.4, 0.5) is 5.82 Å². The molecule has 1 amide bonds. The van der Waals surface area contributed by atoms with Gasteiger partial charge < -0.3 is 10.6 Å². The minimum absolute atomic E-state index is 0.0415. The average molecular weight is 568 g/mol. The summed E-state index contributed by atoms with van der Waals surface area (Å²) in [5, 5.41) is 0. The topological polar surface area (TPSA) is 93.2 Å². The van der Waals surface area contributed by atoms with E-state index in [-0.39, 0.29) is 5.91 Å². The van der Waals surface area contributed by atoms with Gasteiger partial charge in [-0.2, -0.15) is 0 Å². The summed E-state index contributed by atoms with van der Waals surface area (Å²) in [6.07, 6.45) is 3.78. The predicted octanol–water partition coefficient (Wildman–Crippen LogP) is 5.18. The molecule has 5 aromatic rings. The summed E-state index contributed by atoms with van der Waals surface area (Å²) in [7, 11) is 0. The number of hydrogen-bond donors (Lipinski definition) is 1. The lowest BCUT2D eigenvalue weighted by molar-refractivity contribution is -0.130. The lowest BCUT2D eigenvalue weighted by Crippen LogP contribution is -2.60. The molecule has 2 aromatic carbocycles. The zero-order valence-electron chi connectivity index (χ0n) is 24.2. The van der Waals surface area contributed by atoms with Crippen LogP contribution in [0, 0.1) is 17.3 Å². The maximum Gasteiger partial charge on any atom is 0.298 e. The van der Waals surface area contributed by atoms with Gasteiger partial charge in [-0.25, -0.2) is 15.0 Å². The number of pyridine rings is 2. The van der Waals surface area contributed by atoms with Gasteiger partial charge >= 0.3 is 0 Å². The smallest absolute Gasteiger partial charge is 0.298 e. The third kappa shape index (κ3) is 5.13. The van der Waals surface area contributed by atoms with Crippen molar-refractivity contribution in [2.45, 2.75) is 26.3 Å². The number of rotatable bonds is 5. The molecule has 2 N–H and O–H groups in total. The van der Waals surface area contributed by atoms with Gasteiger partial charge in [-0.15, -0.1) is 0 Å². The summed E-state index contributed by atoms with van der Waals surface area (Å²) < 4.78 is 2.08. The van der Waals surface area contributed by atoms with E-state index in [4.69, 9.17) is 15.7 Å². The van der Waals surface area contributed by atoms with Gasteiger partial charge in [0.15, 0.2) is 11.5 Å².